The zero-order chi connectivity index (χ0) is 22.4. The average Bonchev–Trinajstić information content (AvgIpc) is 2.75. The van der Waals surface area contributed by atoms with Gasteiger partial charge in [-0.1, -0.05) is 61.2 Å². The third-order valence-electron chi connectivity index (χ3n) is 5.34. The summed E-state index contributed by atoms with van der Waals surface area (Å²) in [5, 5.41) is 7.64. The minimum absolute atomic E-state index is 0.250. The fraction of sp³-hybridized carbons (Fsp3) is 0.423. The van der Waals surface area contributed by atoms with Crippen LogP contribution in [0.15, 0.2) is 60.3 Å². The van der Waals surface area contributed by atoms with Gasteiger partial charge in [-0.05, 0) is 69.2 Å². The maximum absolute atomic E-state index is 8.36. The molecule has 1 N–H and O–H groups in total. The third-order valence-corrected chi connectivity index (χ3v) is 5.58. The Morgan fingerprint density at radius 3 is 2.83 bits per heavy atom. The first-order valence-electron chi connectivity index (χ1n) is 10.5. The van der Waals surface area contributed by atoms with E-state index < -0.39 is 0 Å². The van der Waals surface area contributed by atoms with Crippen LogP contribution < -0.4 is 0 Å². The van der Waals surface area contributed by atoms with E-state index in [4.69, 9.17) is 21.5 Å². The van der Waals surface area contributed by atoms with E-state index in [1.807, 2.05) is 36.4 Å². The van der Waals surface area contributed by atoms with Crippen molar-refractivity contribution in [3.63, 3.8) is 0 Å². The van der Waals surface area contributed by atoms with E-state index in [2.05, 4.69) is 50.2 Å². The number of nitrogens with zero attached hydrogens (tertiary/aromatic N) is 1. The number of benzene rings is 1. The van der Waals surface area contributed by atoms with Gasteiger partial charge in [0.1, 0.15) is 0 Å². The van der Waals surface area contributed by atoms with Crippen LogP contribution in [0.25, 0.3) is 0 Å². The Bertz CT molecular complexity index is 801. The molecule has 1 fully saturated rings. The number of rotatable bonds is 6. The first-order valence-corrected chi connectivity index (χ1v) is 10.9. The molecule has 0 aliphatic carbocycles. The summed E-state index contributed by atoms with van der Waals surface area (Å²) < 4.78 is 0. The van der Waals surface area contributed by atoms with Crippen LogP contribution in [-0.2, 0) is 4.79 Å². The highest BCUT2D eigenvalue weighted by Crippen LogP contribution is 2.26. The smallest absolute Gasteiger partial charge is 0.290 e. The number of likely N-dealkylation sites (tertiary alicyclic amines) is 1. The zero-order valence-corrected chi connectivity index (χ0v) is 19.2. The van der Waals surface area contributed by atoms with Crippen LogP contribution in [0, 0.1) is 23.7 Å². The molecule has 0 bridgehead atoms. The van der Waals surface area contributed by atoms with E-state index in [1.54, 1.807) is 0 Å². The highest BCUT2D eigenvalue weighted by atomic mass is 35.5. The van der Waals surface area contributed by atoms with Gasteiger partial charge >= 0.3 is 0 Å². The van der Waals surface area contributed by atoms with Gasteiger partial charge in [0.15, 0.2) is 0 Å². The summed E-state index contributed by atoms with van der Waals surface area (Å²) >= 11 is 6.03. The topological polar surface area (TPSA) is 40.5 Å². The lowest BCUT2D eigenvalue weighted by Crippen LogP contribution is -2.34. The van der Waals surface area contributed by atoms with Crippen LogP contribution in [0.3, 0.4) is 0 Å². The quantitative estimate of drug-likeness (QED) is 0.317. The van der Waals surface area contributed by atoms with Crippen molar-refractivity contribution >= 4 is 18.1 Å². The molecule has 2 atom stereocenters. The van der Waals surface area contributed by atoms with Crippen molar-refractivity contribution in [2.24, 2.45) is 11.8 Å². The number of allylic oxidation sites excluding steroid dienone is 5. The molecule has 1 aromatic carbocycles. The molecule has 1 heterocycles. The first kappa shape index (κ1) is 25.6. The molecule has 4 heteroatoms. The largest absolute Gasteiger partial charge is 0.483 e. The van der Waals surface area contributed by atoms with Crippen molar-refractivity contribution in [2.45, 2.75) is 46.5 Å². The van der Waals surface area contributed by atoms with Gasteiger partial charge in [0.2, 0.25) is 0 Å². The molecule has 2 unspecified atom stereocenters. The lowest BCUT2D eigenvalue weighted by molar-refractivity contribution is -0.122. The number of piperidine rings is 1. The number of carbonyl (C=O) groups is 1. The summed E-state index contributed by atoms with van der Waals surface area (Å²) in [6.45, 7) is 12.5. The maximum atomic E-state index is 8.36. The van der Waals surface area contributed by atoms with E-state index in [0.29, 0.717) is 5.92 Å². The Morgan fingerprint density at radius 1 is 1.43 bits per heavy atom. The van der Waals surface area contributed by atoms with Crippen LogP contribution in [0.5, 0.6) is 0 Å². The molecule has 0 spiro atoms. The third kappa shape index (κ3) is 9.85. The van der Waals surface area contributed by atoms with Crippen molar-refractivity contribution in [3.8, 4) is 11.8 Å². The molecule has 1 aromatic rings. The molecule has 0 saturated carbocycles. The highest BCUT2D eigenvalue weighted by Gasteiger charge is 2.20. The standard InChI is InChI=1S/C25H32ClN.CH2O2/c1-5-6-9-21(3)22(4)27-17-8-11-24(19-27)16-14-20(2)13-15-23-10-7-12-25(26)18-23;2-1-3/h5-7,9-10,12,18,20,24H,1,8,11,14,16-17,19H2,2-4H3;1H,(H,2,3)/b9-6-,22-21+;. The van der Waals surface area contributed by atoms with Crippen molar-refractivity contribution in [1.29, 1.82) is 0 Å². The lowest BCUT2D eigenvalue weighted by Gasteiger charge is -2.36. The summed E-state index contributed by atoms with van der Waals surface area (Å²) in [7, 11) is 0. The van der Waals surface area contributed by atoms with Gasteiger partial charge in [0.05, 0.1) is 0 Å². The van der Waals surface area contributed by atoms with Gasteiger partial charge in [-0.3, -0.25) is 4.79 Å². The molecule has 1 saturated heterocycles. The predicted octanol–water partition coefficient (Wildman–Crippen LogP) is 6.56. The lowest BCUT2D eigenvalue weighted by atomic mass is 9.90. The zero-order valence-electron chi connectivity index (χ0n) is 18.4. The Kier molecular flexibility index (Phi) is 12.4. The average molecular weight is 428 g/mol. The van der Waals surface area contributed by atoms with Crippen molar-refractivity contribution in [2.75, 3.05) is 13.1 Å². The second kappa shape index (κ2) is 14.5. The molecule has 0 radical (unpaired) electrons. The fourth-order valence-corrected chi connectivity index (χ4v) is 3.71. The van der Waals surface area contributed by atoms with Crippen LogP contribution in [0.4, 0.5) is 0 Å². The molecule has 2 rings (SSSR count). The predicted molar refractivity (Wildman–Crippen MR) is 127 cm³/mol. The van der Waals surface area contributed by atoms with Crippen LogP contribution in [-0.4, -0.2) is 29.6 Å². The molecular formula is C26H34ClNO2. The van der Waals surface area contributed by atoms with E-state index in [-0.39, 0.29) is 6.47 Å². The van der Waals surface area contributed by atoms with E-state index in [1.165, 1.54) is 43.6 Å². The van der Waals surface area contributed by atoms with E-state index >= 15 is 0 Å². The summed E-state index contributed by atoms with van der Waals surface area (Å²) in [5.74, 6) is 7.83. The summed E-state index contributed by atoms with van der Waals surface area (Å²) in [6, 6.07) is 7.79. The Balaban J connectivity index is 0.00000141. The summed E-state index contributed by atoms with van der Waals surface area (Å²) in [4.78, 5) is 10.9. The van der Waals surface area contributed by atoms with Gasteiger partial charge < -0.3 is 10.0 Å². The summed E-state index contributed by atoms with van der Waals surface area (Å²) in [6.07, 6.45) is 11.0. The monoisotopic (exact) mass is 427 g/mol. The number of hydrogen-bond donors (Lipinski definition) is 1. The molecule has 0 amide bonds. The number of carboxylic acid groups (broad SMARTS) is 1. The molecule has 1 aliphatic heterocycles. The van der Waals surface area contributed by atoms with Gasteiger partial charge in [0.25, 0.3) is 6.47 Å². The van der Waals surface area contributed by atoms with Crippen LogP contribution in [0.1, 0.15) is 52.0 Å². The van der Waals surface area contributed by atoms with Crippen molar-refractivity contribution in [1.82, 2.24) is 4.90 Å². The Morgan fingerprint density at radius 2 is 2.17 bits per heavy atom. The van der Waals surface area contributed by atoms with Crippen molar-refractivity contribution in [3.05, 3.63) is 70.9 Å². The molecule has 0 aromatic heterocycles. The molecular weight excluding hydrogens is 394 g/mol. The number of halogens is 1. The fourth-order valence-electron chi connectivity index (χ4n) is 3.52. The minimum atomic E-state index is -0.250. The SMILES string of the molecule is C=C/C=C\C(C)=C(/C)N1CCCC(CCC(C)C#Cc2cccc(Cl)c2)C1.O=CO. The molecule has 1 aliphatic rings. The van der Waals surface area contributed by atoms with Crippen LogP contribution >= 0.6 is 11.6 Å². The Labute approximate surface area is 187 Å². The highest BCUT2D eigenvalue weighted by molar-refractivity contribution is 6.30. The summed E-state index contributed by atoms with van der Waals surface area (Å²) in [5.41, 5.74) is 3.73. The second-order valence-corrected chi connectivity index (χ2v) is 8.12. The first-order chi connectivity index (χ1) is 14.4. The minimum Gasteiger partial charge on any atom is -0.483 e. The van der Waals surface area contributed by atoms with E-state index in [9.17, 15) is 0 Å². The molecule has 30 heavy (non-hydrogen) atoms. The molecule has 3 nitrogen and oxygen atoms in total. The normalized spacial score (nSPS) is 17.7. The van der Waals surface area contributed by atoms with Gasteiger partial charge in [-0.25, -0.2) is 0 Å². The van der Waals surface area contributed by atoms with Crippen molar-refractivity contribution < 1.29 is 9.90 Å². The van der Waals surface area contributed by atoms with E-state index in [0.717, 1.165) is 22.9 Å². The number of hydrogen-bond acceptors (Lipinski definition) is 2. The van der Waals surface area contributed by atoms with Gasteiger partial charge in [-0.15, -0.1) is 0 Å². The van der Waals surface area contributed by atoms with Crippen LogP contribution in [0.2, 0.25) is 5.02 Å². The maximum Gasteiger partial charge on any atom is 0.290 e. The van der Waals surface area contributed by atoms with Gasteiger partial charge in [-0.2, -0.15) is 0 Å². The van der Waals surface area contributed by atoms with Gasteiger partial charge in [0, 0.05) is 35.3 Å². The molecule has 162 valence electrons. The second-order valence-electron chi connectivity index (χ2n) is 7.68. The Hall–Kier alpha value is -2.44.